The molecule has 0 saturated carbocycles. The van der Waals surface area contributed by atoms with Crippen molar-refractivity contribution in [2.45, 2.75) is 18.2 Å². The van der Waals surface area contributed by atoms with E-state index in [0.717, 1.165) is 68.1 Å². The van der Waals surface area contributed by atoms with Crippen molar-refractivity contribution in [3.63, 3.8) is 0 Å². The fraction of sp³-hybridized carbons (Fsp3) is 0.333. The van der Waals surface area contributed by atoms with Gasteiger partial charge in [0, 0.05) is 37.8 Å². The zero-order valence-electron chi connectivity index (χ0n) is 16.8. The van der Waals surface area contributed by atoms with Crippen LogP contribution < -0.4 is 9.64 Å². The van der Waals surface area contributed by atoms with Crippen LogP contribution in [-0.2, 0) is 10.0 Å². The molecule has 0 unspecified atom stereocenters. The molecule has 166 valence electrons. The summed E-state index contributed by atoms with van der Waals surface area (Å²) in [7, 11) is -4.02. The number of para-hydroxylation sites is 1. The molecule has 1 aliphatic rings. The van der Waals surface area contributed by atoms with E-state index >= 15 is 0 Å². The molecule has 1 aliphatic heterocycles. The highest BCUT2D eigenvalue weighted by atomic mass is 32.2. The number of aromatic nitrogens is 1. The Morgan fingerprint density at radius 2 is 1.61 bits per heavy atom. The average Bonchev–Trinajstić information content (AvgIpc) is 3.14. The predicted octanol–water partition coefficient (Wildman–Crippen LogP) is 3.92. The van der Waals surface area contributed by atoms with Crippen LogP contribution in [-0.4, -0.2) is 56.4 Å². The summed E-state index contributed by atoms with van der Waals surface area (Å²) in [5.41, 5.74) is 1.35. The van der Waals surface area contributed by atoms with E-state index in [0.29, 0.717) is 5.52 Å². The lowest BCUT2D eigenvalue weighted by atomic mass is 10.2. The van der Waals surface area contributed by atoms with Gasteiger partial charge in [-0.2, -0.15) is 0 Å². The molecule has 10 heteroatoms. The third-order valence-corrected chi connectivity index (χ3v) is 7.12. The van der Waals surface area contributed by atoms with Crippen molar-refractivity contribution in [3.8, 4) is 5.75 Å². The molecule has 2 heterocycles. The second kappa shape index (κ2) is 8.08. The van der Waals surface area contributed by atoms with Gasteiger partial charge in [0.2, 0.25) is 0 Å². The second-order valence-electron chi connectivity index (χ2n) is 7.27. The van der Waals surface area contributed by atoms with E-state index in [4.69, 9.17) is 0 Å². The standard InChI is InChI=1S/C21H22F3N3O3S/c1-2-25-11-13-26(14-12-25)20-15-27(19-6-4-3-5-18(19)20)31(28,29)17-9-7-16(8-10-17)30-21(22,23)24/h3-10,15H,2,11-14H2,1H3. The van der Waals surface area contributed by atoms with Gasteiger partial charge in [-0.1, -0.05) is 25.1 Å². The lowest BCUT2D eigenvalue weighted by Crippen LogP contribution is -2.46. The molecule has 1 fully saturated rings. The van der Waals surface area contributed by atoms with E-state index in [1.165, 1.54) is 3.97 Å². The highest BCUT2D eigenvalue weighted by Gasteiger charge is 2.31. The molecule has 0 aliphatic carbocycles. The van der Waals surface area contributed by atoms with Crippen LogP contribution in [0.15, 0.2) is 59.6 Å². The summed E-state index contributed by atoms with van der Waals surface area (Å²) in [5, 5.41) is 0.813. The van der Waals surface area contributed by atoms with Crippen LogP contribution in [0.4, 0.5) is 18.9 Å². The maximum Gasteiger partial charge on any atom is 0.573 e. The molecular formula is C21H22F3N3O3S. The number of fused-ring (bicyclic) bond motifs is 1. The van der Waals surface area contributed by atoms with Crippen LogP contribution in [0.5, 0.6) is 5.75 Å². The maximum atomic E-state index is 13.3. The Bertz CT molecular complexity index is 1170. The predicted molar refractivity (Wildman–Crippen MR) is 112 cm³/mol. The number of rotatable bonds is 5. The van der Waals surface area contributed by atoms with Crippen LogP contribution >= 0.6 is 0 Å². The Morgan fingerprint density at radius 1 is 0.968 bits per heavy atom. The minimum absolute atomic E-state index is 0.120. The first-order chi connectivity index (χ1) is 14.7. The van der Waals surface area contributed by atoms with E-state index in [-0.39, 0.29) is 4.90 Å². The van der Waals surface area contributed by atoms with Crippen molar-refractivity contribution in [1.82, 2.24) is 8.87 Å². The number of ether oxygens (including phenoxy) is 1. The largest absolute Gasteiger partial charge is 0.573 e. The van der Waals surface area contributed by atoms with Crippen molar-refractivity contribution in [2.75, 3.05) is 37.6 Å². The summed E-state index contributed by atoms with van der Waals surface area (Å²) in [5.74, 6) is -0.474. The molecule has 0 amide bonds. The Labute approximate surface area is 178 Å². The molecule has 6 nitrogen and oxygen atoms in total. The van der Waals surface area contributed by atoms with Crippen LogP contribution in [0.1, 0.15) is 6.92 Å². The fourth-order valence-corrected chi connectivity index (χ4v) is 5.18. The first kappa shape index (κ1) is 21.5. The van der Waals surface area contributed by atoms with E-state index in [1.807, 2.05) is 12.1 Å². The molecular weight excluding hydrogens is 431 g/mol. The number of anilines is 1. The van der Waals surface area contributed by atoms with Crippen LogP contribution in [0.3, 0.4) is 0 Å². The first-order valence-electron chi connectivity index (χ1n) is 9.88. The van der Waals surface area contributed by atoms with Gasteiger partial charge in [-0.25, -0.2) is 12.4 Å². The Kier molecular flexibility index (Phi) is 5.61. The van der Waals surface area contributed by atoms with E-state index < -0.39 is 22.1 Å². The molecule has 0 bridgehead atoms. The quantitative estimate of drug-likeness (QED) is 0.586. The SMILES string of the molecule is CCN1CCN(c2cn(S(=O)(=O)c3ccc(OC(F)(F)F)cc3)c3ccccc23)CC1. The van der Waals surface area contributed by atoms with Gasteiger partial charge in [-0.15, -0.1) is 13.2 Å². The number of hydrogen-bond acceptors (Lipinski definition) is 5. The zero-order chi connectivity index (χ0) is 22.2. The minimum atomic E-state index is -4.84. The van der Waals surface area contributed by atoms with Gasteiger partial charge in [0.1, 0.15) is 5.75 Å². The maximum absolute atomic E-state index is 13.3. The molecule has 3 aromatic rings. The second-order valence-corrected chi connectivity index (χ2v) is 9.09. The van der Waals surface area contributed by atoms with Crippen LogP contribution in [0, 0.1) is 0 Å². The normalized spacial score (nSPS) is 16.1. The van der Waals surface area contributed by atoms with E-state index in [1.54, 1.807) is 18.3 Å². The van der Waals surface area contributed by atoms with Crippen molar-refractivity contribution in [2.24, 2.45) is 0 Å². The van der Waals surface area contributed by atoms with Crippen molar-refractivity contribution in [3.05, 3.63) is 54.7 Å². The molecule has 1 saturated heterocycles. The Balaban J connectivity index is 1.70. The number of nitrogens with zero attached hydrogens (tertiary/aromatic N) is 3. The van der Waals surface area contributed by atoms with Crippen LogP contribution in [0.2, 0.25) is 0 Å². The number of halogens is 3. The summed E-state index contributed by atoms with van der Waals surface area (Å²) in [6.07, 6.45) is -3.24. The molecule has 2 aromatic carbocycles. The van der Waals surface area contributed by atoms with Crippen molar-refractivity contribution >= 4 is 26.6 Å². The summed E-state index contributed by atoms with van der Waals surface area (Å²) < 4.78 is 68.8. The molecule has 31 heavy (non-hydrogen) atoms. The van der Waals surface area contributed by atoms with Gasteiger partial charge in [0.15, 0.2) is 0 Å². The number of benzene rings is 2. The number of alkyl halides is 3. The third-order valence-electron chi connectivity index (χ3n) is 5.43. The van der Waals surface area contributed by atoms with Gasteiger partial charge in [0.05, 0.1) is 16.1 Å². The Morgan fingerprint density at radius 3 is 2.23 bits per heavy atom. The van der Waals surface area contributed by atoms with Gasteiger partial charge < -0.3 is 14.5 Å². The number of likely N-dealkylation sites (N-methyl/N-ethyl adjacent to an activating group) is 1. The Hall–Kier alpha value is -2.72. The topological polar surface area (TPSA) is 54.8 Å². The summed E-state index contributed by atoms with van der Waals surface area (Å²) in [6, 6.07) is 11.4. The zero-order valence-corrected chi connectivity index (χ0v) is 17.7. The third kappa shape index (κ3) is 4.35. The lowest BCUT2D eigenvalue weighted by Gasteiger charge is -2.35. The number of piperazine rings is 1. The van der Waals surface area contributed by atoms with Crippen molar-refractivity contribution in [1.29, 1.82) is 0 Å². The first-order valence-corrected chi connectivity index (χ1v) is 11.3. The molecule has 0 radical (unpaired) electrons. The van der Waals surface area contributed by atoms with Gasteiger partial charge >= 0.3 is 6.36 Å². The number of hydrogen-bond donors (Lipinski definition) is 0. The minimum Gasteiger partial charge on any atom is -0.406 e. The average molecular weight is 453 g/mol. The molecule has 1 aromatic heterocycles. The van der Waals surface area contributed by atoms with Gasteiger partial charge in [-0.3, -0.25) is 0 Å². The molecule has 4 rings (SSSR count). The lowest BCUT2D eigenvalue weighted by molar-refractivity contribution is -0.274. The monoisotopic (exact) mass is 453 g/mol. The molecule has 0 atom stereocenters. The summed E-state index contributed by atoms with van der Waals surface area (Å²) in [6.45, 7) is 6.43. The van der Waals surface area contributed by atoms with Crippen molar-refractivity contribution < 1.29 is 26.3 Å². The molecule has 0 N–H and O–H groups in total. The highest BCUT2D eigenvalue weighted by molar-refractivity contribution is 7.90. The summed E-state index contributed by atoms with van der Waals surface area (Å²) in [4.78, 5) is 4.38. The fourth-order valence-electron chi connectivity index (χ4n) is 3.82. The summed E-state index contributed by atoms with van der Waals surface area (Å²) >= 11 is 0. The van der Waals surface area contributed by atoms with Crippen LogP contribution in [0.25, 0.3) is 10.9 Å². The van der Waals surface area contributed by atoms with Gasteiger partial charge in [0.25, 0.3) is 10.0 Å². The van der Waals surface area contributed by atoms with E-state index in [9.17, 15) is 21.6 Å². The van der Waals surface area contributed by atoms with Gasteiger partial charge in [-0.05, 0) is 36.9 Å². The van der Waals surface area contributed by atoms with E-state index in [2.05, 4.69) is 21.5 Å². The molecule has 0 spiro atoms. The highest BCUT2D eigenvalue weighted by Crippen LogP contribution is 2.33. The smallest absolute Gasteiger partial charge is 0.406 e.